The van der Waals surface area contributed by atoms with Gasteiger partial charge in [-0.1, -0.05) is 47.1 Å². The number of aryl methyl sites for hydroxylation is 1. The Kier molecular flexibility index (Phi) is 4.39. The molecule has 1 amide bonds. The molecule has 0 bridgehead atoms. The zero-order chi connectivity index (χ0) is 18.1. The number of oxime groups is 1. The Hall–Kier alpha value is -2.79. The largest absolute Gasteiger partial charge is 0.386 e. The molecular formula is C20H18ClN3O2. The van der Waals surface area contributed by atoms with Gasteiger partial charge in [0.2, 0.25) is 0 Å². The van der Waals surface area contributed by atoms with Gasteiger partial charge in [-0.05, 0) is 42.2 Å². The van der Waals surface area contributed by atoms with Crippen molar-refractivity contribution in [1.29, 1.82) is 0 Å². The third-order valence-electron chi connectivity index (χ3n) is 4.82. The highest BCUT2D eigenvalue weighted by Gasteiger charge is 2.37. The maximum Gasteiger partial charge on any atom is 0.266 e. The first-order chi connectivity index (χ1) is 12.6. The SMILES string of the molecule is NC(=O)C1=NOC(c2ccccc2)C1CCc1c[nH]c2ccc(Cl)cc12. The van der Waals surface area contributed by atoms with Crippen molar-refractivity contribution in [3.8, 4) is 0 Å². The van der Waals surface area contributed by atoms with Gasteiger partial charge in [0, 0.05) is 22.1 Å². The van der Waals surface area contributed by atoms with E-state index >= 15 is 0 Å². The van der Waals surface area contributed by atoms with E-state index in [0.29, 0.717) is 17.2 Å². The summed E-state index contributed by atoms with van der Waals surface area (Å²) in [6.07, 6.45) is 3.13. The van der Waals surface area contributed by atoms with Gasteiger partial charge in [0.1, 0.15) is 0 Å². The molecule has 0 saturated heterocycles. The molecule has 0 saturated carbocycles. The number of amides is 1. The lowest BCUT2D eigenvalue weighted by Crippen LogP contribution is -2.30. The van der Waals surface area contributed by atoms with E-state index in [1.165, 1.54) is 0 Å². The predicted octanol–water partition coefficient (Wildman–Crippen LogP) is 3.98. The van der Waals surface area contributed by atoms with Crippen molar-refractivity contribution < 1.29 is 9.63 Å². The number of aromatic amines is 1. The molecule has 5 nitrogen and oxygen atoms in total. The number of nitrogens with one attached hydrogen (secondary N) is 1. The number of fused-ring (bicyclic) bond motifs is 1. The molecule has 1 aliphatic heterocycles. The lowest BCUT2D eigenvalue weighted by molar-refractivity contribution is -0.112. The van der Waals surface area contributed by atoms with Gasteiger partial charge in [-0.2, -0.15) is 0 Å². The van der Waals surface area contributed by atoms with Crippen molar-refractivity contribution >= 4 is 34.1 Å². The van der Waals surface area contributed by atoms with E-state index in [0.717, 1.165) is 28.5 Å². The van der Waals surface area contributed by atoms with Gasteiger partial charge in [0.25, 0.3) is 5.91 Å². The number of halogens is 1. The maximum atomic E-state index is 11.8. The van der Waals surface area contributed by atoms with Crippen LogP contribution in [0.4, 0.5) is 0 Å². The normalized spacial score (nSPS) is 19.3. The number of hydrogen-bond acceptors (Lipinski definition) is 3. The van der Waals surface area contributed by atoms with E-state index in [1.54, 1.807) is 0 Å². The third kappa shape index (κ3) is 3.06. The Morgan fingerprint density at radius 2 is 2.04 bits per heavy atom. The predicted molar refractivity (Wildman–Crippen MR) is 102 cm³/mol. The maximum absolute atomic E-state index is 11.8. The average Bonchev–Trinajstić information content (AvgIpc) is 3.24. The summed E-state index contributed by atoms with van der Waals surface area (Å²) in [7, 11) is 0. The molecule has 3 aromatic rings. The van der Waals surface area contributed by atoms with Crippen LogP contribution < -0.4 is 5.73 Å². The lowest BCUT2D eigenvalue weighted by Gasteiger charge is -2.18. The molecule has 0 aliphatic carbocycles. The van der Waals surface area contributed by atoms with E-state index in [2.05, 4.69) is 10.1 Å². The minimum Gasteiger partial charge on any atom is -0.386 e. The van der Waals surface area contributed by atoms with Crippen molar-refractivity contribution in [2.45, 2.75) is 18.9 Å². The first kappa shape index (κ1) is 16.7. The van der Waals surface area contributed by atoms with Crippen molar-refractivity contribution in [2.24, 2.45) is 16.8 Å². The topological polar surface area (TPSA) is 80.5 Å². The summed E-state index contributed by atoms with van der Waals surface area (Å²) >= 11 is 6.13. The quantitative estimate of drug-likeness (QED) is 0.715. The number of primary amides is 1. The minimum atomic E-state index is -0.532. The smallest absolute Gasteiger partial charge is 0.266 e. The fourth-order valence-electron chi connectivity index (χ4n) is 3.52. The summed E-state index contributed by atoms with van der Waals surface area (Å²) in [5.41, 5.74) is 8.98. The highest BCUT2D eigenvalue weighted by Crippen LogP contribution is 2.36. The van der Waals surface area contributed by atoms with Crippen LogP contribution >= 0.6 is 11.6 Å². The van der Waals surface area contributed by atoms with E-state index in [4.69, 9.17) is 22.2 Å². The summed E-state index contributed by atoms with van der Waals surface area (Å²) in [4.78, 5) is 20.6. The van der Waals surface area contributed by atoms with Gasteiger partial charge in [0.05, 0.1) is 5.92 Å². The summed E-state index contributed by atoms with van der Waals surface area (Å²) in [5, 5.41) is 5.75. The van der Waals surface area contributed by atoms with Crippen LogP contribution in [-0.4, -0.2) is 16.6 Å². The Labute approximate surface area is 155 Å². The zero-order valence-corrected chi connectivity index (χ0v) is 14.7. The average molecular weight is 368 g/mol. The molecule has 1 aliphatic rings. The Bertz CT molecular complexity index is 981. The van der Waals surface area contributed by atoms with Gasteiger partial charge >= 0.3 is 0 Å². The molecule has 2 atom stereocenters. The molecule has 2 unspecified atom stereocenters. The Morgan fingerprint density at radius 1 is 1.23 bits per heavy atom. The van der Waals surface area contributed by atoms with Gasteiger partial charge in [-0.25, -0.2) is 0 Å². The van der Waals surface area contributed by atoms with E-state index in [1.807, 2.05) is 54.7 Å². The van der Waals surface area contributed by atoms with Crippen molar-refractivity contribution in [3.63, 3.8) is 0 Å². The summed E-state index contributed by atoms with van der Waals surface area (Å²) < 4.78 is 0. The molecule has 0 fully saturated rings. The molecule has 132 valence electrons. The first-order valence-corrected chi connectivity index (χ1v) is 8.85. The molecule has 0 spiro atoms. The summed E-state index contributed by atoms with van der Waals surface area (Å²) in [5.74, 6) is -0.713. The number of carbonyl (C=O) groups excluding carboxylic acids is 1. The lowest BCUT2D eigenvalue weighted by atomic mass is 9.87. The summed E-state index contributed by atoms with van der Waals surface area (Å²) in [6, 6.07) is 15.6. The molecule has 1 aromatic heterocycles. The number of nitrogens with zero attached hydrogens (tertiary/aromatic N) is 1. The molecule has 2 heterocycles. The third-order valence-corrected chi connectivity index (χ3v) is 5.05. The number of hydrogen-bond donors (Lipinski definition) is 2. The zero-order valence-electron chi connectivity index (χ0n) is 14.0. The van der Waals surface area contributed by atoms with Gasteiger partial charge < -0.3 is 15.6 Å². The number of rotatable bonds is 5. The van der Waals surface area contributed by atoms with Crippen LogP contribution in [0, 0.1) is 5.92 Å². The Morgan fingerprint density at radius 3 is 2.81 bits per heavy atom. The van der Waals surface area contributed by atoms with Crippen LogP contribution in [-0.2, 0) is 16.1 Å². The van der Waals surface area contributed by atoms with Gasteiger partial charge in [-0.3, -0.25) is 4.79 Å². The van der Waals surface area contributed by atoms with Crippen LogP contribution in [0.1, 0.15) is 23.7 Å². The Balaban J connectivity index is 1.59. The van der Waals surface area contributed by atoms with E-state index in [9.17, 15) is 4.79 Å². The molecule has 2 aromatic carbocycles. The van der Waals surface area contributed by atoms with Crippen LogP contribution in [0.3, 0.4) is 0 Å². The van der Waals surface area contributed by atoms with E-state index < -0.39 is 5.91 Å². The number of nitrogens with two attached hydrogens (primary N) is 1. The molecule has 3 N–H and O–H groups in total. The fraction of sp³-hybridized carbons (Fsp3) is 0.200. The van der Waals surface area contributed by atoms with Crippen LogP contribution in [0.15, 0.2) is 59.9 Å². The second-order valence-corrected chi connectivity index (χ2v) is 6.86. The first-order valence-electron chi connectivity index (χ1n) is 8.47. The molecule has 4 rings (SSSR count). The molecule has 6 heteroatoms. The van der Waals surface area contributed by atoms with Crippen LogP contribution in [0.2, 0.25) is 5.02 Å². The standard InChI is InChI=1S/C20H18ClN3O2/c21-14-7-9-17-16(10-14)13(11-23-17)6-8-15-18(20(22)25)24-26-19(15)12-4-2-1-3-5-12/h1-5,7,9-11,15,19,23H,6,8H2,(H2,22,25). The van der Waals surface area contributed by atoms with Crippen molar-refractivity contribution in [2.75, 3.05) is 0 Å². The van der Waals surface area contributed by atoms with Crippen LogP contribution in [0.25, 0.3) is 10.9 Å². The number of carbonyl (C=O) groups is 1. The molecule has 0 radical (unpaired) electrons. The number of aromatic nitrogens is 1. The van der Waals surface area contributed by atoms with E-state index in [-0.39, 0.29) is 12.0 Å². The number of benzene rings is 2. The van der Waals surface area contributed by atoms with Gasteiger partial charge in [0.15, 0.2) is 11.8 Å². The fourth-order valence-corrected chi connectivity index (χ4v) is 3.69. The summed E-state index contributed by atoms with van der Waals surface area (Å²) in [6.45, 7) is 0. The molecular weight excluding hydrogens is 350 g/mol. The number of H-pyrrole nitrogens is 1. The molecule has 26 heavy (non-hydrogen) atoms. The minimum absolute atomic E-state index is 0.181. The second-order valence-electron chi connectivity index (χ2n) is 6.43. The highest BCUT2D eigenvalue weighted by molar-refractivity contribution is 6.39. The second kappa shape index (κ2) is 6.84. The highest BCUT2D eigenvalue weighted by atomic mass is 35.5. The van der Waals surface area contributed by atoms with Crippen LogP contribution in [0.5, 0.6) is 0 Å². The van der Waals surface area contributed by atoms with Crippen molar-refractivity contribution in [1.82, 2.24) is 4.98 Å². The van der Waals surface area contributed by atoms with Gasteiger partial charge in [-0.15, -0.1) is 0 Å². The monoisotopic (exact) mass is 367 g/mol. The van der Waals surface area contributed by atoms with Crippen molar-refractivity contribution in [3.05, 3.63) is 70.9 Å².